The Hall–Kier alpha value is -1.43. The zero-order chi connectivity index (χ0) is 13.7. The molecule has 2 rings (SSSR count). The Morgan fingerprint density at radius 3 is 2.89 bits per heavy atom. The number of aliphatic hydroxyl groups excluding tert-OH is 1. The number of ether oxygens (including phenoxy) is 2. The molecule has 1 aromatic carbocycles. The monoisotopic (exact) mass is 264 g/mol. The molecule has 1 heterocycles. The fraction of sp³-hybridized carbons (Fsp3) is 0.500. The molecule has 0 saturated carbocycles. The number of aliphatic hydroxyl groups is 1. The smallest absolute Gasteiger partial charge is 0.0969 e. The standard InChI is InChI=1S/C14H20N2O3/c1-11(9-18-2)19-10-13(17)8-16-14-6-4-3-5-12(14)7-15-16/h3-7,11,13,17H,8-10H2,1-2H3. The molecule has 5 heteroatoms. The van der Waals surface area contributed by atoms with Crippen molar-refractivity contribution >= 4 is 10.9 Å². The molecule has 0 aliphatic carbocycles. The Labute approximate surface area is 112 Å². The van der Waals surface area contributed by atoms with Gasteiger partial charge in [-0.1, -0.05) is 18.2 Å². The number of fused-ring (bicyclic) bond motifs is 1. The lowest BCUT2D eigenvalue weighted by Crippen LogP contribution is -2.26. The minimum Gasteiger partial charge on any atom is -0.389 e. The highest BCUT2D eigenvalue weighted by atomic mass is 16.5. The normalized spacial score (nSPS) is 14.7. The van der Waals surface area contributed by atoms with Gasteiger partial charge in [0.2, 0.25) is 0 Å². The van der Waals surface area contributed by atoms with E-state index >= 15 is 0 Å². The molecule has 0 spiro atoms. The summed E-state index contributed by atoms with van der Waals surface area (Å²) in [7, 11) is 1.63. The average Bonchev–Trinajstić information content (AvgIpc) is 2.80. The number of benzene rings is 1. The quantitative estimate of drug-likeness (QED) is 0.822. The maximum absolute atomic E-state index is 9.97. The van der Waals surface area contributed by atoms with Crippen molar-refractivity contribution in [1.82, 2.24) is 9.78 Å². The molecular formula is C14H20N2O3. The molecule has 19 heavy (non-hydrogen) atoms. The van der Waals surface area contributed by atoms with Gasteiger partial charge in [-0.15, -0.1) is 0 Å². The highest BCUT2D eigenvalue weighted by Crippen LogP contribution is 2.13. The van der Waals surface area contributed by atoms with Crippen molar-refractivity contribution in [2.75, 3.05) is 20.3 Å². The molecule has 2 atom stereocenters. The molecule has 0 fully saturated rings. The largest absolute Gasteiger partial charge is 0.389 e. The van der Waals surface area contributed by atoms with Gasteiger partial charge < -0.3 is 14.6 Å². The minimum atomic E-state index is -0.581. The van der Waals surface area contributed by atoms with Crippen LogP contribution in [0.3, 0.4) is 0 Å². The van der Waals surface area contributed by atoms with Crippen molar-refractivity contribution < 1.29 is 14.6 Å². The summed E-state index contributed by atoms with van der Waals surface area (Å²) in [4.78, 5) is 0. The first-order valence-electron chi connectivity index (χ1n) is 6.40. The van der Waals surface area contributed by atoms with E-state index in [9.17, 15) is 5.11 Å². The SMILES string of the molecule is COCC(C)OCC(O)Cn1ncc2ccccc21. The van der Waals surface area contributed by atoms with Crippen LogP contribution < -0.4 is 0 Å². The summed E-state index contributed by atoms with van der Waals surface area (Å²) in [5.74, 6) is 0. The molecule has 1 aromatic heterocycles. The molecule has 2 aromatic rings. The molecule has 0 aliphatic rings. The van der Waals surface area contributed by atoms with Crippen LogP contribution in [-0.2, 0) is 16.0 Å². The number of para-hydroxylation sites is 1. The summed E-state index contributed by atoms with van der Waals surface area (Å²) in [6.45, 7) is 3.14. The zero-order valence-electron chi connectivity index (χ0n) is 11.3. The number of hydrogen-bond donors (Lipinski definition) is 1. The predicted octanol–water partition coefficient (Wildman–Crippen LogP) is 1.45. The second-order valence-electron chi connectivity index (χ2n) is 4.64. The third-order valence-electron chi connectivity index (χ3n) is 2.91. The van der Waals surface area contributed by atoms with E-state index in [1.165, 1.54) is 0 Å². The zero-order valence-corrected chi connectivity index (χ0v) is 11.3. The van der Waals surface area contributed by atoms with E-state index in [2.05, 4.69) is 5.10 Å². The Morgan fingerprint density at radius 2 is 2.11 bits per heavy atom. The first-order valence-corrected chi connectivity index (χ1v) is 6.40. The maximum atomic E-state index is 9.97. The highest BCUT2D eigenvalue weighted by Gasteiger charge is 2.11. The number of aromatic nitrogens is 2. The topological polar surface area (TPSA) is 56.5 Å². The van der Waals surface area contributed by atoms with Crippen LogP contribution in [0.25, 0.3) is 10.9 Å². The van der Waals surface area contributed by atoms with Crippen LogP contribution >= 0.6 is 0 Å². The summed E-state index contributed by atoms with van der Waals surface area (Å²) >= 11 is 0. The Balaban J connectivity index is 1.90. The molecule has 0 aliphatic heterocycles. The van der Waals surface area contributed by atoms with Crippen molar-refractivity contribution in [3.8, 4) is 0 Å². The molecule has 0 bridgehead atoms. The fourth-order valence-corrected chi connectivity index (χ4v) is 1.98. The van der Waals surface area contributed by atoms with Gasteiger partial charge in [-0.25, -0.2) is 0 Å². The van der Waals surface area contributed by atoms with E-state index < -0.39 is 6.10 Å². The maximum Gasteiger partial charge on any atom is 0.0969 e. The van der Waals surface area contributed by atoms with Crippen molar-refractivity contribution in [2.45, 2.75) is 25.7 Å². The molecule has 1 N–H and O–H groups in total. The number of methoxy groups -OCH3 is 1. The van der Waals surface area contributed by atoms with Gasteiger partial charge in [0.15, 0.2) is 0 Å². The lowest BCUT2D eigenvalue weighted by atomic mass is 10.2. The number of rotatable bonds is 7. The lowest BCUT2D eigenvalue weighted by Gasteiger charge is -2.16. The third-order valence-corrected chi connectivity index (χ3v) is 2.91. The fourth-order valence-electron chi connectivity index (χ4n) is 1.98. The van der Waals surface area contributed by atoms with Crippen molar-refractivity contribution in [1.29, 1.82) is 0 Å². The lowest BCUT2D eigenvalue weighted by molar-refractivity contribution is -0.0361. The molecular weight excluding hydrogens is 244 g/mol. The molecule has 0 radical (unpaired) electrons. The second kappa shape index (κ2) is 6.65. The van der Waals surface area contributed by atoms with E-state index in [1.54, 1.807) is 18.0 Å². The van der Waals surface area contributed by atoms with Gasteiger partial charge in [-0.3, -0.25) is 4.68 Å². The van der Waals surface area contributed by atoms with Gasteiger partial charge in [0.1, 0.15) is 0 Å². The summed E-state index contributed by atoms with van der Waals surface area (Å²) in [5.41, 5.74) is 1.02. The van der Waals surface area contributed by atoms with Gasteiger partial charge in [0.25, 0.3) is 0 Å². The Bertz CT molecular complexity index is 512. The summed E-state index contributed by atoms with van der Waals surface area (Å²) in [6.07, 6.45) is 1.20. The summed E-state index contributed by atoms with van der Waals surface area (Å²) < 4.78 is 12.3. The Kier molecular flexibility index (Phi) is 4.90. The minimum absolute atomic E-state index is 0.0194. The van der Waals surface area contributed by atoms with Crippen LogP contribution in [0.5, 0.6) is 0 Å². The molecule has 104 valence electrons. The molecule has 0 saturated heterocycles. The molecule has 2 unspecified atom stereocenters. The van der Waals surface area contributed by atoms with Crippen LogP contribution in [0.15, 0.2) is 30.5 Å². The first-order chi connectivity index (χ1) is 9.20. The molecule has 0 amide bonds. The van der Waals surface area contributed by atoms with Crippen LogP contribution in [-0.4, -0.2) is 47.4 Å². The van der Waals surface area contributed by atoms with E-state index in [0.717, 1.165) is 10.9 Å². The van der Waals surface area contributed by atoms with Crippen LogP contribution in [0.1, 0.15) is 6.92 Å². The van der Waals surface area contributed by atoms with E-state index in [-0.39, 0.29) is 12.7 Å². The summed E-state index contributed by atoms with van der Waals surface area (Å²) in [6, 6.07) is 7.93. The first kappa shape index (κ1) is 14.0. The van der Waals surface area contributed by atoms with Crippen LogP contribution in [0, 0.1) is 0 Å². The third kappa shape index (κ3) is 3.76. The summed E-state index contributed by atoms with van der Waals surface area (Å²) in [5, 5.41) is 15.3. The van der Waals surface area contributed by atoms with E-state index in [4.69, 9.17) is 9.47 Å². The van der Waals surface area contributed by atoms with Gasteiger partial charge in [0, 0.05) is 12.5 Å². The second-order valence-corrected chi connectivity index (χ2v) is 4.64. The number of nitrogens with zero attached hydrogens (tertiary/aromatic N) is 2. The van der Waals surface area contributed by atoms with Crippen molar-refractivity contribution in [3.63, 3.8) is 0 Å². The van der Waals surface area contributed by atoms with Gasteiger partial charge in [-0.2, -0.15) is 5.10 Å². The highest BCUT2D eigenvalue weighted by molar-refractivity contribution is 5.78. The van der Waals surface area contributed by atoms with Crippen molar-refractivity contribution in [2.24, 2.45) is 0 Å². The van der Waals surface area contributed by atoms with Gasteiger partial charge >= 0.3 is 0 Å². The number of hydrogen-bond acceptors (Lipinski definition) is 4. The van der Waals surface area contributed by atoms with Gasteiger partial charge in [0.05, 0.1) is 43.7 Å². The van der Waals surface area contributed by atoms with Crippen LogP contribution in [0.4, 0.5) is 0 Å². The van der Waals surface area contributed by atoms with Crippen molar-refractivity contribution in [3.05, 3.63) is 30.5 Å². The van der Waals surface area contributed by atoms with E-state index in [0.29, 0.717) is 13.2 Å². The molecule has 5 nitrogen and oxygen atoms in total. The Morgan fingerprint density at radius 1 is 1.32 bits per heavy atom. The van der Waals surface area contributed by atoms with Crippen LogP contribution in [0.2, 0.25) is 0 Å². The van der Waals surface area contributed by atoms with E-state index in [1.807, 2.05) is 31.2 Å². The average molecular weight is 264 g/mol. The predicted molar refractivity (Wildman–Crippen MR) is 73.0 cm³/mol. The van der Waals surface area contributed by atoms with Gasteiger partial charge in [-0.05, 0) is 13.0 Å².